The molecule has 1 fully saturated rings. The summed E-state index contributed by atoms with van der Waals surface area (Å²) in [5, 5.41) is 4.20. The first kappa shape index (κ1) is 16.6. The molecule has 3 nitrogen and oxygen atoms in total. The van der Waals surface area contributed by atoms with E-state index in [1.165, 1.54) is 0 Å². The van der Waals surface area contributed by atoms with E-state index in [1.54, 1.807) is 0 Å². The second-order valence-corrected chi connectivity index (χ2v) is 6.13. The second-order valence-electron chi connectivity index (χ2n) is 5.72. The van der Waals surface area contributed by atoms with E-state index in [-0.39, 0.29) is 12.2 Å². The van der Waals surface area contributed by atoms with Crippen LogP contribution in [0.4, 0.5) is 0 Å². The number of hydrogen-bond acceptors (Lipinski definition) is 3. The Labute approximate surface area is 133 Å². The first-order chi connectivity index (χ1) is 10.2. The molecule has 2 rings (SSSR count). The average Bonchev–Trinajstić information content (AvgIpc) is 2.46. The summed E-state index contributed by atoms with van der Waals surface area (Å²) in [5.74, 6) is 0.765. The van der Waals surface area contributed by atoms with E-state index < -0.39 is 0 Å². The van der Waals surface area contributed by atoms with Gasteiger partial charge in [0.25, 0.3) is 0 Å². The minimum atomic E-state index is 0.0882. The molecule has 4 heteroatoms. The van der Waals surface area contributed by atoms with Gasteiger partial charge in [-0.2, -0.15) is 0 Å². The molecule has 21 heavy (non-hydrogen) atoms. The lowest BCUT2D eigenvalue weighted by molar-refractivity contribution is -0.107. The molecule has 3 unspecified atom stereocenters. The molecular formula is C17H26ClNO2. The van der Waals surface area contributed by atoms with E-state index in [1.807, 2.05) is 25.1 Å². The first-order valence-electron chi connectivity index (χ1n) is 7.93. The monoisotopic (exact) mass is 311 g/mol. The van der Waals surface area contributed by atoms with Gasteiger partial charge in [0.1, 0.15) is 18.0 Å². The molecule has 0 heterocycles. The van der Waals surface area contributed by atoms with Gasteiger partial charge in [-0.25, -0.2) is 0 Å². The van der Waals surface area contributed by atoms with Gasteiger partial charge in [0.2, 0.25) is 0 Å². The maximum Gasteiger partial charge on any atom is 0.138 e. The zero-order valence-electron chi connectivity index (χ0n) is 13.2. The Hall–Kier alpha value is -0.770. The Bertz CT molecular complexity index is 452. The zero-order chi connectivity index (χ0) is 15.2. The van der Waals surface area contributed by atoms with Gasteiger partial charge in [0.15, 0.2) is 0 Å². The van der Waals surface area contributed by atoms with Crippen LogP contribution in [0.25, 0.3) is 0 Å². The van der Waals surface area contributed by atoms with Crippen LogP contribution in [0.3, 0.4) is 0 Å². The number of ether oxygens (including phenoxy) is 2. The maximum atomic E-state index is 6.21. The Morgan fingerprint density at radius 2 is 2.10 bits per heavy atom. The molecule has 3 atom stereocenters. The SMILES string of the molecule is CCCNC1CC(Oc2cc(C)ccc2Cl)C1OCCC. The predicted molar refractivity (Wildman–Crippen MR) is 87.3 cm³/mol. The van der Waals surface area contributed by atoms with Gasteiger partial charge < -0.3 is 14.8 Å². The summed E-state index contributed by atoms with van der Waals surface area (Å²) in [6.07, 6.45) is 3.33. The summed E-state index contributed by atoms with van der Waals surface area (Å²) in [5.41, 5.74) is 1.15. The molecule has 0 aromatic heterocycles. The minimum Gasteiger partial charge on any atom is -0.486 e. The molecule has 1 aromatic carbocycles. The largest absolute Gasteiger partial charge is 0.486 e. The van der Waals surface area contributed by atoms with Crippen LogP contribution >= 0.6 is 11.6 Å². The quantitative estimate of drug-likeness (QED) is 0.788. The van der Waals surface area contributed by atoms with Gasteiger partial charge in [-0.15, -0.1) is 0 Å². The van der Waals surface area contributed by atoms with Crippen LogP contribution < -0.4 is 10.1 Å². The minimum absolute atomic E-state index is 0.0882. The molecule has 1 aliphatic carbocycles. The number of halogens is 1. The van der Waals surface area contributed by atoms with Crippen molar-refractivity contribution in [3.8, 4) is 5.75 Å². The lowest BCUT2D eigenvalue weighted by atomic mass is 9.85. The molecule has 118 valence electrons. The number of hydrogen-bond donors (Lipinski definition) is 1. The molecule has 1 N–H and O–H groups in total. The number of aryl methyl sites for hydroxylation is 1. The van der Waals surface area contributed by atoms with Crippen molar-refractivity contribution in [2.45, 2.75) is 58.3 Å². The van der Waals surface area contributed by atoms with E-state index >= 15 is 0 Å². The van der Waals surface area contributed by atoms with Crippen molar-refractivity contribution in [3.63, 3.8) is 0 Å². The Morgan fingerprint density at radius 3 is 2.81 bits per heavy atom. The topological polar surface area (TPSA) is 30.5 Å². The number of rotatable bonds is 8. The molecule has 0 bridgehead atoms. The van der Waals surface area contributed by atoms with Crippen molar-refractivity contribution in [2.24, 2.45) is 0 Å². The van der Waals surface area contributed by atoms with E-state index in [0.29, 0.717) is 11.1 Å². The maximum absolute atomic E-state index is 6.21. The standard InChI is InChI=1S/C17H26ClNO2/c1-4-8-19-14-11-16(17(14)20-9-5-2)21-15-10-12(3)6-7-13(15)18/h6-7,10,14,16-17,19H,4-5,8-9,11H2,1-3H3. The third-order valence-electron chi connectivity index (χ3n) is 3.79. The molecule has 1 aliphatic rings. The van der Waals surface area contributed by atoms with Crippen molar-refractivity contribution < 1.29 is 9.47 Å². The van der Waals surface area contributed by atoms with Crippen LogP contribution in [0.2, 0.25) is 5.02 Å². The van der Waals surface area contributed by atoms with Crippen LogP contribution in [0.1, 0.15) is 38.7 Å². The van der Waals surface area contributed by atoms with Crippen molar-refractivity contribution in [3.05, 3.63) is 28.8 Å². The molecule has 0 saturated heterocycles. The normalized spacial score (nSPS) is 24.7. The molecule has 0 radical (unpaired) electrons. The van der Waals surface area contributed by atoms with Crippen LogP contribution in [-0.2, 0) is 4.74 Å². The van der Waals surface area contributed by atoms with Crippen LogP contribution in [0.5, 0.6) is 5.75 Å². The summed E-state index contributed by atoms with van der Waals surface area (Å²) in [7, 11) is 0. The van der Waals surface area contributed by atoms with Crippen molar-refractivity contribution in [2.75, 3.05) is 13.2 Å². The Morgan fingerprint density at radius 1 is 1.29 bits per heavy atom. The van der Waals surface area contributed by atoms with Gasteiger partial charge >= 0.3 is 0 Å². The zero-order valence-corrected chi connectivity index (χ0v) is 14.0. The Kier molecular flexibility index (Phi) is 6.34. The highest BCUT2D eigenvalue weighted by molar-refractivity contribution is 6.32. The molecular weight excluding hydrogens is 286 g/mol. The summed E-state index contributed by atoms with van der Waals surface area (Å²) in [6.45, 7) is 8.14. The Balaban J connectivity index is 1.96. The molecule has 0 spiro atoms. The lowest BCUT2D eigenvalue weighted by Gasteiger charge is -2.44. The number of nitrogens with one attached hydrogen (secondary N) is 1. The van der Waals surface area contributed by atoms with E-state index in [0.717, 1.165) is 43.7 Å². The molecule has 1 saturated carbocycles. The second kappa shape index (κ2) is 8.02. The predicted octanol–water partition coefficient (Wildman–Crippen LogP) is 3.96. The highest BCUT2D eigenvalue weighted by Crippen LogP contribution is 2.33. The van der Waals surface area contributed by atoms with Crippen LogP contribution in [0, 0.1) is 6.92 Å². The molecule has 0 amide bonds. The highest BCUT2D eigenvalue weighted by atomic mass is 35.5. The highest BCUT2D eigenvalue weighted by Gasteiger charge is 2.43. The fraction of sp³-hybridized carbons (Fsp3) is 0.647. The fourth-order valence-electron chi connectivity index (χ4n) is 2.57. The van der Waals surface area contributed by atoms with Gasteiger partial charge in [0, 0.05) is 19.1 Å². The summed E-state index contributed by atoms with van der Waals surface area (Å²) in [6, 6.07) is 6.27. The van der Waals surface area contributed by atoms with Gasteiger partial charge in [-0.1, -0.05) is 31.5 Å². The van der Waals surface area contributed by atoms with Gasteiger partial charge in [-0.3, -0.25) is 0 Å². The summed E-state index contributed by atoms with van der Waals surface area (Å²) >= 11 is 6.21. The van der Waals surface area contributed by atoms with Crippen molar-refractivity contribution in [1.82, 2.24) is 5.32 Å². The fourth-order valence-corrected chi connectivity index (χ4v) is 2.73. The molecule has 0 aliphatic heterocycles. The molecule has 1 aromatic rings. The van der Waals surface area contributed by atoms with E-state index in [4.69, 9.17) is 21.1 Å². The average molecular weight is 312 g/mol. The lowest BCUT2D eigenvalue weighted by Crippen LogP contribution is -2.61. The summed E-state index contributed by atoms with van der Waals surface area (Å²) in [4.78, 5) is 0. The third kappa shape index (κ3) is 4.35. The van der Waals surface area contributed by atoms with E-state index in [9.17, 15) is 0 Å². The van der Waals surface area contributed by atoms with Crippen molar-refractivity contribution >= 4 is 11.6 Å². The summed E-state index contributed by atoms with van der Waals surface area (Å²) < 4.78 is 12.0. The van der Waals surface area contributed by atoms with Crippen LogP contribution in [-0.4, -0.2) is 31.4 Å². The third-order valence-corrected chi connectivity index (χ3v) is 4.10. The first-order valence-corrected chi connectivity index (χ1v) is 8.31. The van der Waals surface area contributed by atoms with Gasteiger partial charge in [0.05, 0.1) is 5.02 Å². The van der Waals surface area contributed by atoms with E-state index in [2.05, 4.69) is 19.2 Å². The number of benzene rings is 1. The van der Waals surface area contributed by atoms with Gasteiger partial charge in [-0.05, 0) is 44.0 Å². The smallest absolute Gasteiger partial charge is 0.138 e. The van der Waals surface area contributed by atoms with Crippen molar-refractivity contribution in [1.29, 1.82) is 0 Å². The van der Waals surface area contributed by atoms with Crippen LogP contribution in [0.15, 0.2) is 18.2 Å².